The first-order chi connectivity index (χ1) is 8.47. The van der Waals surface area contributed by atoms with Crippen molar-refractivity contribution in [3.05, 3.63) is 12.7 Å². The van der Waals surface area contributed by atoms with Gasteiger partial charge in [0, 0.05) is 26.6 Å². The predicted molar refractivity (Wildman–Crippen MR) is 71.5 cm³/mol. The van der Waals surface area contributed by atoms with Gasteiger partial charge in [-0.2, -0.15) is 0 Å². The SMILES string of the molecule is C=CCC[C@H](C)CN(C)C(=O)CCCNC(=O)O. The minimum atomic E-state index is -1.05. The summed E-state index contributed by atoms with van der Waals surface area (Å²) in [4.78, 5) is 23.7. The Hall–Kier alpha value is -1.52. The van der Waals surface area contributed by atoms with Crippen LogP contribution in [-0.4, -0.2) is 42.1 Å². The van der Waals surface area contributed by atoms with Crippen LogP contribution in [0.1, 0.15) is 32.6 Å². The van der Waals surface area contributed by atoms with E-state index < -0.39 is 6.09 Å². The van der Waals surface area contributed by atoms with Crippen LogP contribution in [0.5, 0.6) is 0 Å². The molecule has 2 amide bonds. The van der Waals surface area contributed by atoms with E-state index in [-0.39, 0.29) is 5.91 Å². The number of amides is 2. The molecule has 1 atom stereocenters. The molecule has 2 N–H and O–H groups in total. The molecule has 0 unspecified atom stereocenters. The molecule has 0 aromatic rings. The first-order valence-corrected chi connectivity index (χ1v) is 6.29. The summed E-state index contributed by atoms with van der Waals surface area (Å²) < 4.78 is 0. The molecule has 18 heavy (non-hydrogen) atoms. The Morgan fingerprint density at radius 2 is 2.17 bits per heavy atom. The highest BCUT2D eigenvalue weighted by Crippen LogP contribution is 2.08. The van der Waals surface area contributed by atoms with Gasteiger partial charge in [0.15, 0.2) is 0 Å². The summed E-state index contributed by atoms with van der Waals surface area (Å²) in [6, 6.07) is 0. The second kappa shape index (κ2) is 9.50. The highest BCUT2D eigenvalue weighted by atomic mass is 16.4. The topological polar surface area (TPSA) is 69.6 Å². The number of carbonyl (C=O) groups excluding carboxylic acids is 1. The molecule has 5 heteroatoms. The molecule has 0 aromatic heterocycles. The maximum Gasteiger partial charge on any atom is 0.404 e. The van der Waals surface area contributed by atoms with Gasteiger partial charge < -0.3 is 15.3 Å². The van der Waals surface area contributed by atoms with E-state index >= 15 is 0 Å². The number of nitrogens with one attached hydrogen (secondary N) is 1. The lowest BCUT2D eigenvalue weighted by molar-refractivity contribution is -0.130. The van der Waals surface area contributed by atoms with E-state index in [0.717, 1.165) is 19.4 Å². The van der Waals surface area contributed by atoms with Gasteiger partial charge in [0.25, 0.3) is 0 Å². The van der Waals surface area contributed by atoms with Gasteiger partial charge in [0.2, 0.25) is 5.91 Å². The van der Waals surface area contributed by atoms with Crippen molar-refractivity contribution in [2.75, 3.05) is 20.1 Å². The average molecular weight is 256 g/mol. The molecule has 0 spiro atoms. The van der Waals surface area contributed by atoms with E-state index in [9.17, 15) is 9.59 Å². The molecule has 0 aliphatic rings. The van der Waals surface area contributed by atoms with Crippen LogP contribution in [0.3, 0.4) is 0 Å². The summed E-state index contributed by atoms with van der Waals surface area (Å²) in [5, 5.41) is 10.6. The summed E-state index contributed by atoms with van der Waals surface area (Å²) in [5.74, 6) is 0.515. The highest BCUT2D eigenvalue weighted by Gasteiger charge is 2.11. The van der Waals surface area contributed by atoms with Crippen LogP contribution in [0.25, 0.3) is 0 Å². The molecular weight excluding hydrogens is 232 g/mol. The van der Waals surface area contributed by atoms with Gasteiger partial charge in [-0.3, -0.25) is 4.79 Å². The third-order valence-corrected chi connectivity index (χ3v) is 2.72. The zero-order valence-corrected chi connectivity index (χ0v) is 11.3. The summed E-state index contributed by atoms with van der Waals surface area (Å²) in [7, 11) is 1.79. The van der Waals surface area contributed by atoms with Crippen molar-refractivity contribution in [1.29, 1.82) is 0 Å². The first kappa shape index (κ1) is 16.5. The number of hydrogen-bond donors (Lipinski definition) is 2. The molecule has 0 radical (unpaired) electrons. The monoisotopic (exact) mass is 256 g/mol. The van der Waals surface area contributed by atoms with Crippen LogP contribution < -0.4 is 5.32 Å². The molecule has 0 rings (SSSR count). The minimum Gasteiger partial charge on any atom is -0.465 e. The van der Waals surface area contributed by atoms with Crippen molar-refractivity contribution in [2.24, 2.45) is 5.92 Å². The van der Waals surface area contributed by atoms with Gasteiger partial charge in [0.1, 0.15) is 0 Å². The molecule has 0 aliphatic heterocycles. The normalized spacial score (nSPS) is 11.7. The molecule has 0 saturated carbocycles. The second-order valence-corrected chi connectivity index (χ2v) is 4.58. The molecule has 0 bridgehead atoms. The van der Waals surface area contributed by atoms with Crippen LogP contribution in [0.15, 0.2) is 12.7 Å². The first-order valence-electron chi connectivity index (χ1n) is 6.29. The van der Waals surface area contributed by atoms with Crippen molar-refractivity contribution in [2.45, 2.75) is 32.6 Å². The van der Waals surface area contributed by atoms with Crippen LogP contribution in [0.4, 0.5) is 4.79 Å². The van der Waals surface area contributed by atoms with Gasteiger partial charge in [0.05, 0.1) is 0 Å². The van der Waals surface area contributed by atoms with E-state index in [1.807, 2.05) is 6.08 Å². The average Bonchev–Trinajstić information content (AvgIpc) is 2.31. The molecular formula is C13H24N2O3. The Morgan fingerprint density at radius 3 is 2.72 bits per heavy atom. The fraction of sp³-hybridized carbons (Fsp3) is 0.692. The second-order valence-electron chi connectivity index (χ2n) is 4.58. The van der Waals surface area contributed by atoms with Gasteiger partial charge in [-0.25, -0.2) is 4.79 Å². The number of carbonyl (C=O) groups is 2. The van der Waals surface area contributed by atoms with E-state index in [1.54, 1.807) is 11.9 Å². The molecule has 0 fully saturated rings. The lowest BCUT2D eigenvalue weighted by Gasteiger charge is -2.21. The smallest absolute Gasteiger partial charge is 0.404 e. The lowest BCUT2D eigenvalue weighted by Crippen LogP contribution is -2.31. The van der Waals surface area contributed by atoms with Crippen molar-refractivity contribution in [1.82, 2.24) is 10.2 Å². The predicted octanol–water partition coefficient (Wildman–Crippen LogP) is 2.09. The molecule has 104 valence electrons. The largest absolute Gasteiger partial charge is 0.465 e. The number of carboxylic acid groups (broad SMARTS) is 1. The zero-order chi connectivity index (χ0) is 14.0. The molecule has 0 heterocycles. The van der Waals surface area contributed by atoms with Crippen LogP contribution in [-0.2, 0) is 4.79 Å². The Balaban J connectivity index is 3.74. The summed E-state index contributed by atoms with van der Waals surface area (Å²) >= 11 is 0. The van der Waals surface area contributed by atoms with Crippen LogP contribution in [0, 0.1) is 5.92 Å². The Bertz CT molecular complexity index is 279. The summed E-state index contributed by atoms with van der Waals surface area (Å²) in [6.45, 7) is 6.84. The van der Waals surface area contributed by atoms with Crippen LogP contribution >= 0.6 is 0 Å². The van der Waals surface area contributed by atoms with Gasteiger partial charge in [-0.15, -0.1) is 6.58 Å². The van der Waals surface area contributed by atoms with Gasteiger partial charge in [-0.1, -0.05) is 13.0 Å². The van der Waals surface area contributed by atoms with Crippen molar-refractivity contribution < 1.29 is 14.7 Å². The maximum absolute atomic E-state index is 11.7. The number of allylic oxidation sites excluding steroid dienone is 1. The number of hydrogen-bond acceptors (Lipinski definition) is 2. The molecule has 0 aromatic carbocycles. The van der Waals surface area contributed by atoms with E-state index in [4.69, 9.17) is 5.11 Å². The Labute approximate surface area is 109 Å². The zero-order valence-electron chi connectivity index (χ0n) is 11.3. The van der Waals surface area contributed by atoms with E-state index in [1.165, 1.54) is 0 Å². The summed E-state index contributed by atoms with van der Waals surface area (Å²) in [6.07, 6.45) is 3.75. The fourth-order valence-electron chi connectivity index (χ4n) is 1.69. The van der Waals surface area contributed by atoms with E-state index in [2.05, 4.69) is 18.8 Å². The Morgan fingerprint density at radius 1 is 1.50 bits per heavy atom. The quantitative estimate of drug-likeness (QED) is 0.490. The van der Waals surface area contributed by atoms with Crippen LogP contribution in [0.2, 0.25) is 0 Å². The summed E-state index contributed by atoms with van der Waals surface area (Å²) in [5.41, 5.74) is 0. The number of rotatable bonds is 9. The third-order valence-electron chi connectivity index (χ3n) is 2.72. The Kier molecular flexibility index (Phi) is 8.70. The number of nitrogens with zero attached hydrogens (tertiary/aromatic N) is 1. The minimum absolute atomic E-state index is 0.0626. The molecule has 0 aliphatic carbocycles. The molecule has 5 nitrogen and oxygen atoms in total. The van der Waals surface area contributed by atoms with E-state index in [0.29, 0.717) is 25.3 Å². The van der Waals surface area contributed by atoms with Gasteiger partial charge in [-0.05, 0) is 25.2 Å². The standard InChI is InChI=1S/C13H24N2O3/c1-4-5-7-11(2)10-15(3)12(16)8-6-9-14-13(17)18/h4,11,14H,1,5-10H2,2-3H3,(H,17,18)/t11-/m0/s1. The van der Waals surface area contributed by atoms with Crippen molar-refractivity contribution >= 4 is 12.0 Å². The third kappa shape index (κ3) is 8.61. The van der Waals surface area contributed by atoms with Crippen molar-refractivity contribution in [3.8, 4) is 0 Å². The van der Waals surface area contributed by atoms with Gasteiger partial charge >= 0.3 is 6.09 Å². The van der Waals surface area contributed by atoms with Crippen molar-refractivity contribution in [3.63, 3.8) is 0 Å². The molecule has 0 saturated heterocycles. The lowest BCUT2D eigenvalue weighted by atomic mass is 10.1. The highest BCUT2D eigenvalue weighted by molar-refractivity contribution is 5.75. The maximum atomic E-state index is 11.7. The fourth-order valence-corrected chi connectivity index (χ4v) is 1.69.